The van der Waals surface area contributed by atoms with Gasteiger partial charge in [0.2, 0.25) is 5.91 Å². The molecule has 0 bridgehead atoms. The molecule has 4 nitrogen and oxygen atoms in total. The molecular formula is C16H23BrN2O2S. The molecule has 0 aromatic carbocycles. The summed E-state index contributed by atoms with van der Waals surface area (Å²) in [5.41, 5.74) is 6.65. The van der Waals surface area contributed by atoms with Gasteiger partial charge in [-0.1, -0.05) is 13.8 Å². The van der Waals surface area contributed by atoms with E-state index in [1.807, 2.05) is 7.05 Å². The maximum atomic E-state index is 13.1. The summed E-state index contributed by atoms with van der Waals surface area (Å²) in [6, 6.07) is 2.05. The predicted octanol–water partition coefficient (Wildman–Crippen LogP) is 3.00. The van der Waals surface area contributed by atoms with Gasteiger partial charge in [0.1, 0.15) is 5.54 Å². The van der Waals surface area contributed by atoms with Gasteiger partial charge >= 0.3 is 0 Å². The van der Waals surface area contributed by atoms with Crippen LogP contribution in [0.3, 0.4) is 0 Å². The summed E-state index contributed by atoms with van der Waals surface area (Å²) in [4.78, 5) is 14.8. The number of rotatable bonds is 3. The smallest absolute Gasteiger partial charge is 0.243 e. The Balaban J connectivity index is 1.78. The van der Waals surface area contributed by atoms with Crippen LogP contribution in [0.1, 0.15) is 32.3 Å². The molecule has 3 rings (SSSR count). The topological polar surface area (TPSA) is 55.6 Å². The standard InChI is InChI=1S/C16H23BrN2O2S/c1-15(2)13-11(5-4-6-21-13)16(15,18)14(20)19(3)8-10-7-12(17)22-9-10/h7,9,11,13H,4-6,8,18H2,1-3H3. The van der Waals surface area contributed by atoms with Crippen LogP contribution < -0.4 is 5.73 Å². The first-order valence-electron chi connectivity index (χ1n) is 7.67. The van der Waals surface area contributed by atoms with Gasteiger partial charge < -0.3 is 15.4 Å². The third-order valence-electron chi connectivity index (χ3n) is 5.43. The van der Waals surface area contributed by atoms with Crippen molar-refractivity contribution in [2.45, 2.75) is 44.9 Å². The molecule has 0 radical (unpaired) electrons. The fraction of sp³-hybridized carbons (Fsp3) is 0.688. The van der Waals surface area contributed by atoms with E-state index in [0.29, 0.717) is 6.54 Å². The second-order valence-electron chi connectivity index (χ2n) is 7.05. The molecule has 3 atom stereocenters. The van der Waals surface area contributed by atoms with E-state index in [-0.39, 0.29) is 23.3 Å². The van der Waals surface area contributed by atoms with E-state index < -0.39 is 5.54 Å². The molecule has 2 aliphatic rings. The van der Waals surface area contributed by atoms with Crippen molar-refractivity contribution < 1.29 is 9.53 Å². The zero-order valence-corrected chi connectivity index (χ0v) is 15.7. The monoisotopic (exact) mass is 386 g/mol. The maximum absolute atomic E-state index is 13.1. The fourth-order valence-electron chi connectivity index (χ4n) is 4.10. The van der Waals surface area contributed by atoms with Gasteiger partial charge in [-0.25, -0.2) is 0 Å². The van der Waals surface area contributed by atoms with Gasteiger partial charge in [-0.15, -0.1) is 11.3 Å². The molecule has 0 spiro atoms. The molecule has 1 aromatic heterocycles. The van der Waals surface area contributed by atoms with Crippen molar-refractivity contribution in [3.8, 4) is 0 Å². The normalized spacial score (nSPS) is 33.0. The largest absolute Gasteiger partial charge is 0.377 e. The van der Waals surface area contributed by atoms with Crippen LogP contribution in [-0.2, 0) is 16.1 Å². The molecule has 2 fully saturated rings. The van der Waals surface area contributed by atoms with Crippen LogP contribution in [0.4, 0.5) is 0 Å². The summed E-state index contributed by atoms with van der Waals surface area (Å²) >= 11 is 5.09. The van der Waals surface area contributed by atoms with Crippen LogP contribution in [0.25, 0.3) is 0 Å². The third kappa shape index (κ3) is 2.27. The molecule has 2 heterocycles. The van der Waals surface area contributed by atoms with E-state index >= 15 is 0 Å². The van der Waals surface area contributed by atoms with Crippen LogP contribution in [0, 0.1) is 11.3 Å². The molecule has 22 heavy (non-hydrogen) atoms. The number of carbonyl (C=O) groups excluding carboxylic acids is 1. The highest BCUT2D eigenvalue weighted by Crippen LogP contribution is 2.57. The third-order valence-corrected chi connectivity index (χ3v) is 6.98. The van der Waals surface area contributed by atoms with Crippen LogP contribution in [0.5, 0.6) is 0 Å². The molecule has 6 heteroatoms. The molecule has 1 aliphatic carbocycles. The second kappa shape index (κ2) is 5.58. The number of halogens is 1. The van der Waals surface area contributed by atoms with Crippen molar-refractivity contribution in [1.29, 1.82) is 0 Å². The van der Waals surface area contributed by atoms with Crippen LogP contribution in [-0.4, -0.2) is 36.1 Å². The Bertz CT molecular complexity index is 588. The van der Waals surface area contributed by atoms with Gasteiger partial charge in [0.05, 0.1) is 9.89 Å². The van der Waals surface area contributed by atoms with Crippen molar-refractivity contribution >= 4 is 33.2 Å². The average molecular weight is 387 g/mol. The van der Waals surface area contributed by atoms with Crippen molar-refractivity contribution in [3.63, 3.8) is 0 Å². The molecule has 3 unspecified atom stereocenters. The minimum atomic E-state index is -0.819. The summed E-state index contributed by atoms with van der Waals surface area (Å²) in [5, 5.41) is 2.06. The lowest BCUT2D eigenvalue weighted by Gasteiger charge is -2.65. The van der Waals surface area contributed by atoms with Crippen LogP contribution in [0.15, 0.2) is 15.2 Å². The summed E-state index contributed by atoms with van der Waals surface area (Å²) in [6.07, 6.45) is 2.08. The van der Waals surface area contributed by atoms with E-state index in [2.05, 4.69) is 41.2 Å². The van der Waals surface area contributed by atoms with Gasteiger partial charge in [-0.2, -0.15) is 0 Å². The van der Waals surface area contributed by atoms with E-state index in [4.69, 9.17) is 10.5 Å². The number of nitrogens with zero attached hydrogens (tertiary/aromatic N) is 1. The molecule has 1 aromatic rings. The predicted molar refractivity (Wildman–Crippen MR) is 91.7 cm³/mol. The number of hydrogen-bond acceptors (Lipinski definition) is 4. The van der Waals surface area contributed by atoms with Gasteiger partial charge in [-0.3, -0.25) is 4.79 Å². The lowest BCUT2D eigenvalue weighted by molar-refractivity contribution is -0.229. The summed E-state index contributed by atoms with van der Waals surface area (Å²) in [6.45, 7) is 5.50. The Labute approximate surface area is 144 Å². The first kappa shape index (κ1) is 16.4. The van der Waals surface area contributed by atoms with Crippen molar-refractivity contribution in [3.05, 3.63) is 20.8 Å². The number of amides is 1. The Kier molecular flexibility index (Phi) is 4.17. The quantitative estimate of drug-likeness (QED) is 0.868. The van der Waals surface area contributed by atoms with Crippen molar-refractivity contribution in [1.82, 2.24) is 4.90 Å². The molecular weight excluding hydrogens is 364 g/mol. The highest BCUT2D eigenvalue weighted by Gasteiger charge is 2.70. The maximum Gasteiger partial charge on any atom is 0.243 e. The minimum absolute atomic E-state index is 0.0339. The zero-order chi connectivity index (χ0) is 16.1. The van der Waals surface area contributed by atoms with Gasteiger partial charge in [0.25, 0.3) is 0 Å². The number of nitrogens with two attached hydrogens (primary N) is 1. The Morgan fingerprint density at radius 3 is 2.95 bits per heavy atom. The van der Waals surface area contributed by atoms with E-state index in [1.165, 1.54) is 0 Å². The lowest BCUT2D eigenvalue weighted by Crippen LogP contribution is -2.82. The number of thiophene rings is 1. The number of hydrogen-bond donors (Lipinski definition) is 1. The first-order chi connectivity index (χ1) is 10.3. The molecule has 1 saturated carbocycles. The van der Waals surface area contributed by atoms with Gasteiger partial charge in [0, 0.05) is 31.5 Å². The van der Waals surface area contributed by atoms with Crippen LogP contribution >= 0.6 is 27.3 Å². The Morgan fingerprint density at radius 2 is 2.32 bits per heavy atom. The Hall–Kier alpha value is -0.430. The van der Waals surface area contributed by atoms with Gasteiger partial charge in [-0.05, 0) is 45.8 Å². The van der Waals surface area contributed by atoms with E-state index in [9.17, 15) is 4.79 Å². The van der Waals surface area contributed by atoms with E-state index in [0.717, 1.165) is 28.8 Å². The van der Waals surface area contributed by atoms with Gasteiger partial charge in [0.15, 0.2) is 0 Å². The molecule has 122 valence electrons. The summed E-state index contributed by atoms with van der Waals surface area (Å²) in [7, 11) is 1.84. The number of ether oxygens (including phenoxy) is 1. The lowest BCUT2D eigenvalue weighted by atomic mass is 9.46. The second-order valence-corrected chi connectivity index (χ2v) is 9.34. The molecule has 1 amide bonds. The summed E-state index contributed by atoms with van der Waals surface area (Å²) < 4.78 is 6.96. The molecule has 1 aliphatic heterocycles. The minimum Gasteiger partial charge on any atom is -0.377 e. The molecule has 2 N–H and O–H groups in total. The highest BCUT2D eigenvalue weighted by atomic mass is 79.9. The SMILES string of the molecule is CN(Cc1csc(Br)c1)C(=O)C1(N)C2CCCOC2C1(C)C. The molecule has 1 saturated heterocycles. The average Bonchev–Trinajstić information content (AvgIpc) is 2.90. The highest BCUT2D eigenvalue weighted by molar-refractivity contribution is 9.11. The zero-order valence-electron chi connectivity index (χ0n) is 13.3. The van der Waals surface area contributed by atoms with Crippen molar-refractivity contribution in [2.75, 3.05) is 13.7 Å². The number of fused-ring (bicyclic) bond motifs is 1. The Morgan fingerprint density at radius 1 is 1.59 bits per heavy atom. The van der Waals surface area contributed by atoms with Crippen LogP contribution in [0.2, 0.25) is 0 Å². The first-order valence-corrected chi connectivity index (χ1v) is 9.34. The fourth-order valence-corrected chi connectivity index (χ4v) is 5.30. The van der Waals surface area contributed by atoms with Crippen molar-refractivity contribution in [2.24, 2.45) is 17.1 Å². The van der Waals surface area contributed by atoms with E-state index in [1.54, 1.807) is 16.2 Å². The number of carbonyl (C=O) groups is 1. The number of likely N-dealkylation sites (N-methyl/N-ethyl adjacent to an activating group) is 1. The summed E-state index contributed by atoms with van der Waals surface area (Å²) in [5.74, 6) is 0.173.